The number of rotatable bonds is 4. The standard InChI is InChI=1S/C15H15N5OS/c1-19-8-4-6-12(19)10-16-20-14(17-18-15(20)22)11-5-3-7-13(9-11)21-2/h3-10H,1-2H3,(H,18,22)/b16-10+. The molecule has 0 aliphatic carbocycles. The first-order chi connectivity index (χ1) is 10.7. The molecule has 22 heavy (non-hydrogen) atoms. The SMILES string of the molecule is COc1cccc(-c2n[nH]c(=S)n2/N=C/c2cccn2C)c1. The van der Waals surface area contributed by atoms with Gasteiger partial charge < -0.3 is 9.30 Å². The molecule has 3 aromatic rings. The molecular weight excluding hydrogens is 298 g/mol. The Balaban J connectivity index is 2.02. The number of methoxy groups -OCH3 is 1. The largest absolute Gasteiger partial charge is 0.497 e. The van der Waals surface area contributed by atoms with E-state index in [-0.39, 0.29) is 0 Å². The van der Waals surface area contributed by atoms with Crippen LogP contribution in [0.1, 0.15) is 5.69 Å². The van der Waals surface area contributed by atoms with E-state index >= 15 is 0 Å². The molecule has 2 aromatic heterocycles. The Kier molecular flexibility index (Phi) is 3.88. The zero-order chi connectivity index (χ0) is 15.5. The van der Waals surface area contributed by atoms with Gasteiger partial charge in [0.25, 0.3) is 0 Å². The predicted molar refractivity (Wildman–Crippen MR) is 87.8 cm³/mol. The van der Waals surface area contributed by atoms with E-state index in [0.717, 1.165) is 17.0 Å². The predicted octanol–water partition coefficient (Wildman–Crippen LogP) is 2.84. The van der Waals surface area contributed by atoms with E-state index in [1.807, 2.05) is 54.2 Å². The summed E-state index contributed by atoms with van der Waals surface area (Å²) in [5.41, 5.74) is 1.84. The maximum absolute atomic E-state index is 5.25. The summed E-state index contributed by atoms with van der Waals surface area (Å²) in [6.07, 6.45) is 3.70. The summed E-state index contributed by atoms with van der Waals surface area (Å²) in [5.74, 6) is 1.39. The van der Waals surface area contributed by atoms with Gasteiger partial charge in [-0.05, 0) is 36.5 Å². The van der Waals surface area contributed by atoms with Crippen LogP contribution in [0.4, 0.5) is 0 Å². The molecule has 1 N–H and O–H groups in total. The number of nitrogens with zero attached hydrogens (tertiary/aromatic N) is 4. The highest BCUT2D eigenvalue weighted by atomic mass is 32.1. The molecule has 0 saturated carbocycles. The van der Waals surface area contributed by atoms with Gasteiger partial charge in [-0.3, -0.25) is 0 Å². The van der Waals surface area contributed by atoms with Gasteiger partial charge in [-0.25, -0.2) is 5.10 Å². The minimum atomic E-state index is 0.434. The van der Waals surface area contributed by atoms with E-state index in [2.05, 4.69) is 15.3 Å². The lowest BCUT2D eigenvalue weighted by atomic mass is 10.2. The topological polar surface area (TPSA) is 60.1 Å². The van der Waals surface area contributed by atoms with Gasteiger partial charge >= 0.3 is 0 Å². The summed E-state index contributed by atoms with van der Waals surface area (Å²) in [7, 11) is 3.59. The highest BCUT2D eigenvalue weighted by Crippen LogP contribution is 2.22. The fourth-order valence-corrected chi connectivity index (χ4v) is 2.25. The number of aromatic nitrogens is 4. The molecule has 0 saturated heterocycles. The van der Waals surface area contributed by atoms with Crippen molar-refractivity contribution in [2.45, 2.75) is 0 Å². The molecule has 7 heteroatoms. The Hall–Kier alpha value is -2.67. The zero-order valence-electron chi connectivity index (χ0n) is 12.2. The van der Waals surface area contributed by atoms with E-state index in [1.54, 1.807) is 18.0 Å². The van der Waals surface area contributed by atoms with Gasteiger partial charge in [-0.1, -0.05) is 12.1 Å². The molecule has 6 nitrogen and oxygen atoms in total. The molecule has 112 valence electrons. The van der Waals surface area contributed by atoms with Crippen molar-refractivity contribution in [3.8, 4) is 17.1 Å². The van der Waals surface area contributed by atoms with Crippen molar-refractivity contribution in [3.05, 3.63) is 53.1 Å². The van der Waals surface area contributed by atoms with E-state index in [4.69, 9.17) is 17.0 Å². The number of ether oxygens (including phenoxy) is 1. The monoisotopic (exact) mass is 313 g/mol. The molecule has 1 aromatic carbocycles. The number of hydrogen-bond donors (Lipinski definition) is 1. The molecular formula is C15H15N5OS. The minimum absolute atomic E-state index is 0.434. The van der Waals surface area contributed by atoms with Gasteiger partial charge in [0.15, 0.2) is 5.82 Å². The van der Waals surface area contributed by atoms with Crippen LogP contribution < -0.4 is 4.74 Å². The second-order valence-electron chi connectivity index (χ2n) is 4.68. The lowest BCUT2D eigenvalue weighted by Gasteiger charge is -2.04. The van der Waals surface area contributed by atoms with Gasteiger partial charge in [-0.15, -0.1) is 0 Å². The smallest absolute Gasteiger partial charge is 0.216 e. The number of nitrogens with one attached hydrogen (secondary N) is 1. The van der Waals surface area contributed by atoms with Crippen molar-refractivity contribution >= 4 is 18.4 Å². The van der Waals surface area contributed by atoms with E-state index < -0.39 is 0 Å². The number of aryl methyl sites for hydroxylation is 1. The van der Waals surface area contributed by atoms with Crippen LogP contribution in [0.15, 0.2) is 47.7 Å². The van der Waals surface area contributed by atoms with Crippen molar-refractivity contribution in [2.24, 2.45) is 12.1 Å². The third-order valence-electron chi connectivity index (χ3n) is 3.27. The molecule has 2 heterocycles. The Morgan fingerprint density at radius 1 is 1.32 bits per heavy atom. The lowest BCUT2D eigenvalue weighted by Crippen LogP contribution is -1.98. The molecule has 3 rings (SSSR count). The van der Waals surface area contributed by atoms with E-state index in [1.165, 1.54) is 0 Å². The van der Waals surface area contributed by atoms with Crippen molar-refractivity contribution < 1.29 is 4.74 Å². The van der Waals surface area contributed by atoms with Crippen LogP contribution in [0.2, 0.25) is 0 Å². The van der Waals surface area contributed by atoms with Crippen LogP contribution in [0.25, 0.3) is 11.4 Å². The fraction of sp³-hybridized carbons (Fsp3) is 0.133. The molecule has 0 aliphatic heterocycles. The van der Waals surface area contributed by atoms with Gasteiger partial charge in [0, 0.05) is 18.8 Å². The highest BCUT2D eigenvalue weighted by Gasteiger charge is 2.09. The molecule has 0 spiro atoms. The first-order valence-electron chi connectivity index (χ1n) is 6.66. The van der Waals surface area contributed by atoms with Gasteiger partial charge in [-0.2, -0.15) is 14.9 Å². The van der Waals surface area contributed by atoms with Gasteiger partial charge in [0.2, 0.25) is 4.77 Å². The van der Waals surface area contributed by atoms with Crippen molar-refractivity contribution in [1.29, 1.82) is 0 Å². The summed E-state index contributed by atoms with van der Waals surface area (Å²) in [5, 5.41) is 11.5. The van der Waals surface area contributed by atoms with Crippen LogP contribution in [-0.4, -0.2) is 32.8 Å². The maximum atomic E-state index is 5.25. The summed E-state index contributed by atoms with van der Waals surface area (Å²) < 4.78 is 9.24. The van der Waals surface area contributed by atoms with E-state index in [9.17, 15) is 0 Å². The van der Waals surface area contributed by atoms with Crippen LogP contribution in [-0.2, 0) is 7.05 Å². The number of hydrogen-bond acceptors (Lipinski definition) is 4. The highest BCUT2D eigenvalue weighted by molar-refractivity contribution is 7.71. The zero-order valence-corrected chi connectivity index (χ0v) is 13.0. The van der Waals surface area contributed by atoms with Crippen molar-refractivity contribution in [1.82, 2.24) is 19.4 Å². The van der Waals surface area contributed by atoms with Gasteiger partial charge in [0.05, 0.1) is 19.0 Å². The maximum Gasteiger partial charge on any atom is 0.216 e. The van der Waals surface area contributed by atoms with Crippen LogP contribution in [0.5, 0.6) is 5.75 Å². The molecule has 0 radical (unpaired) electrons. The average Bonchev–Trinajstić information content (AvgIpc) is 3.11. The number of benzene rings is 1. The lowest BCUT2D eigenvalue weighted by molar-refractivity contribution is 0.415. The average molecular weight is 313 g/mol. The number of aromatic amines is 1. The summed E-state index contributed by atoms with van der Waals surface area (Å²) >= 11 is 5.25. The summed E-state index contributed by atoms with van der Waals surface area (Å²) in [4.78, 5) is 0. The Morgan fingerprint density at radius 3 is 2.91 bits per heavy atom. The second kappa shape index (κ2) is 5.98. The normalized spacial score (nSPS) is 11.2. The minimum Gasteiger partial charge on any atom is -0.497 e. The Morgan fingerprint density at radius 2 is 2.18 bits per heavy atom. The summed E-state index contributed by atoms with van der Waals surface area (Å²) in [6.45, 7) is 0. The van der Waals surface area contributed by atoms with Crippen molar-refractivity contribution in [3.63, 3.8) is 0 Å². The fourth-order valence-electron chi connectivity index (χ4n) is 2.07. The third-order valence-corrected chi connectivity index (χ3v) is 3.53. The second-order valence-corrected chi connectivity index (χ2v) is 5.07. The van der Waals surface area contributed by atoms with Crippen LogP contribution in [0.3, 0.4) is 0 Å². The first-order valence-corrected chi connectivity index (χ1v) is 7.07. The third kappa shape index (κ3) is 2.71. The van der Waals surface area contributed by atoms with E-state index in [0.29, 0.717) is 10.6 Å². The molecule has 0 atom stereocenters. The first kappa shape index (κ1) is 14.3. The molecule has 0 fully saturated rings. The quantitative estimate of drug-likeness (QED) is 0.595. The molecule has 0 bridgehead atoms. The van der Waals surface area contributed by atoms with Crippen molar-refractivity contribution in [2.75, 3.05) is 7.11 Å². The molecule has 0 unspecified atom stereocenters. The molecule has 0 aliphatic rings. The Labute approximate surface area is 132 Å². The van der Waals surface area contributed by atoms with Gasteiger partial charge in [0.1, 0.15) is 5.75 Å². The molecule has 0 amide bonds. The van der Waals surface area contributed by atoms with Crippen LogP contribution >= 0.6 is 12.2 Å². The van der Waals surface area contributed by atoms with Crippen LogP contribution in [0, 0.1) is 4.77 Å². The summed E-state index contributed by atoms with van der Waals surface area (Å²) in [6, 6.07) is 11.5. The Bertz CT molecular complexity index is 874. The number of H-pyrrole nitrogens is 1.